The first kappa shape index (κ1) is 16.0. The Bertz CT molecular complexity index is 784. The smallest absolute Gasteiger partial charge is 0.233 e. The predicted octanol–water partition coefficient (Wildman–Crippen LogP) is 2.97. The number of likely N-dealkylation sites (N-methyl/N-ethyl adjacent to an activating group) is 1. The summed E-state index contributed by atoms with van der Waals surface area (Å²) in [7, 11) is 1.86. The van der Waals surface area contributed by atoms with E-state index >= 15 is 0 Å². The first-order valence-corrected chi connectivity index (χ1v) is 9.27. The minimum Gasteiger partial charge on any atom is -0.342 e. The molecule has 0 aromatic carbocycles. The molecule has 0 radical (unpaired) electrons. The van der Waals surface area contributed by atoms with Crippen LogP contribution >= 0.6 is 23.1 Å². The number of nitrogens with zero attached hydrogens (tertiary/aromatic N) is 4. The number of carbonyl (C=O) groups excluding carboxylic acids is 1. The molecule has 0 aliphatic carbocycles. The summed E-state index contributed by atoms with van der Waals surface area (Å²) in [5, 5.41) is 13.2. The first-order valence-electron chi connectivity index (χ1n) is 7.34. The van der Waals surface area contributed by atoms with Gasteiger partial charge in [0.15, 0.2) is 10.8 Å². The number of carbonyl (C=O) groups is 1. The van der Waals surface area contributed by atoms with Crippen molar-refractivity contribution >= 4 is 34.7 Å². The SMILES string of the molecule is CC(Cc1ccsc1)N(C)C(=O)CSc1nnc2ccccn12. The molecule has 0 spiro atoms. The standard InChI is InChI=1S/C16H18N4OS2/c1-12(9-13-6-8-22-10-13)19(2)15(21)11-23-16-18-17-14-5-3-4-7-20(14)16/h3-8,10,12H,9,11H2,1-2H3. The Morgan fingerprint density at radius 2 is 2.26 bits per heavy atom. The summed E-state index contributed by atoms with van der Waals surface area (Å²) >= 11 is 3.10. The Kier molecular flexibility index (Phi) is 4.97. The quantitative estimate of drug-likeness (QED) is 0.644. The van der Waals surface area contributed by atoms with Crippen LogP contribution < -0.4 is 0 Å². The third-order valence-corrected chi connectivity index (χ3v) is 5.43. The van der Waals surface area contributed by atoms with E-state index in [1.165, 1.54) is 17.3 Å². The molecule has 0 aliphatic heterocycles. The normalized spacial score (nSPS) is 12.4. The lowest BCUT2D eigenvalue weighted by atomic mass is 10.1. The van der Waals surface area contributed by atoms with Gasteiger partial charge in [-0.3, -0.25) is 9.20 Å². The Hall–Kier alpha value is -1.86. The minimum absolute atomic E-state index is 0.102. The van der Waals surface area contributed by atoms with Crippen molar-refractivity contribution in [1.82, 2.24) is 19.5 Å². The molecule has 23 heavy (non-hydrogen) atoms. The average molecular weight is 346 g/mol. The van der Waals surface area contributed by atoms with Crippen molar-refractivity contribution in [3.8, 4) is 0 Å². The van der Waals surface area contributed by atoms with E-state index in [2.05, 4.69) is 33.9 Å². The molecule has 1 unspecified atom stereocenters. The maximum atomic E-state index is 12.4. The molecule has 0 bridgehead atoms. The van der Waals surface area contributed by atoms with Gasteiger partial charge in [0, 0.05) is 19.3 Å². The van der Waals surface area contributed by atoms with E-state index in [0.717, 1.165) is 17.2 Å². The zero-order valence-electron chi connectivity index (χ0n) is 13.0. The summed E-state index contributed by atoms with van der Waals surface area (Å²) < 4.78 is 1.90. The van der Waals surface area contributed by atoms with Crippen LogP contribution in [-0.2, 0) is 11.2 Å². The fourth-order valence-electron chi connectivity index (χ4n) is 2.28. The van der Waals surface area contributed by atoms with Gasteiger partial charge >= 0.3 is 0 Å². The molecule has 0 fully saturated rings. The van der Waals surface area contributed by atoms with E-state index in [4.69, 9.17) is 0 Å². The third-order valence-electron chi connectivity index (χ3n) is 3.77. The number of rotatable bonds is 6. The fourth-order valence-corrected chi connectivity index (χ4v) is 3.81. The second-order valence-electron chi connectivity index (χ2n) is 5.39. The first-order chi connectivity index (χ1) is 11.1. The van der Waals surface area contributed by atoms with Crippen molar-refractivity contribution in [2.24, 2.45) is 0 Å². The number of pyridine rings is 1. The summed E-state index contributed by atoms with van der Waals surface area (Å²) in [4.78, 5) is 14.2. The van der Waals surface area contributed by atoms with Gasteiger partial charge < -0.3 is 4.90 Å². The van der Waals surface area contributed by atoms with Crippen molar-refractivity contribution in [3.63, 3.8) is 0 Å². The van der Waals surface area contributed by atoms with E-state index in [-0.39, 0.29) is 11.9 Å². The van der Waals surface area contributed by atoms with Gasteiger partial charge in [-0.1, -0.05) is 17.8 Å². The second-order valence-corrected chi connectivity index (χ2v) is 7.11. The van der Waals surface area contributed by atoms with Crippen LogP contribution in [0.2, 0.25) is 0 Å². The number of hydrogen-bond acceptors (Lipinski definition) is 5. The molecule has 0 N–H and O–H groups in total. The van der Waals surface area contributed by atoms with Gasteiger partial charge in [0.2, 0.25) is 5.91 Å². The lowest BCUT2D eigenvalue weighted by Crippen LogP contribution is -2.37. The monoisotopic (exact) mass is 346 g/mol. The van der Waals surface area contributed by atoms with Gasteiger partial charge in [-0.05, 0) is 47.9 Å². The Labute approximate surface area is 143 Å². The van der Waals surface area contributed by atoms with Gasteiger partial charge in [0.25, 0.3) is 0 Å². The van der Waals surface area contributed by atoms with Crippen LogP contribution in [0.3, 0.4) is 0 Å². The van der Waals surface area contributed by atoms with Crippen molar-refractivity contribution in [2.75, 3.05) is 12.8 Å². The largest absolute Gasteiger partial charge is 0.342 e. The lowest BCUT2D eigenvalue weighted by Gasteiger charge is -2.24. The summed E-state index contributed by atoms with van der Waals surface area (Å²) in [5.74, 6) is 0.464. The molecule has 3 aromatic heterocycles. The van der Waals surface area contributed by atoms with Crippen LogP contribution in [0.1, 0.15) is 12.5 Å². The summed E-state index contributed by atoms with van der Waals surface area (Å²) in [6.07, 6.45) is 2.79. The number of aromatic nitrogens is 3. The van der Waals surface area contributed by atoms with Crippen LogP contribution in [0.5, 0.6) is 0 Å². The molecular weight excluding hydrogens is 328 g/mol. The van der Waals surface area contributed by atoms with E-state index in [1.54, 1.807) is 11.3 Å². The molecule has 1 amide bonds. The van der Waals surface area contributed by atoms with E-state index in [9.17, 15) is 4.79 Å². The molecule has 3 rings (SSSR count). The highest BCUT2D eigenvalue weighted by Crippen LogP contribution is 2.18. The molecule has 3 heterocycles. The Morgan fingerprint density at radius 3 is 3.04 bits per heavy atom. The van der Waals surface area contributed by atoms with Gasteiger partial charge in [-0.2, -0.15) is 11.3 Å². The van der Waals surface area contributed by atoms with Crippen LogP contribution in [0.15, 0.2) is 46.4 Å². The number of thioether (sulfide) groups is 1. The van der Waals surface area contributed by atoms with Gasteiger partial charge in [0.1, 0.15) is 0 Å². The number of fused-ring (bicyclic) bond motifs is 1. The average Bonchev–Trinajstić information content (AvgIpc) is 3.21. The van der Waals surface area contributed by atoms with Crippen molar-refractivity contribution in [3.05, 3.63) is 46.8 Å². The van der Waals surface area contributed by atoms with Crippen molar-refractivity contribution in [2.45, 2.75) is 24.5 Å². The van der Waals surface area contributed by atoms with Gasteiger partial charge in [0.05, 0.1) is 5.75 Å². The summed E-state index contributed by atoms with van der Waals surface area (Å²) in [6, 6.07) is 8.03. The van der Waals surface area contributed by atoms with E-state index in [1.807, 2.05) is 40.7 Å². The zero-order valence-corrected chi connectivity index (χ0v) is 14.7. The van der Waals surface area contributed by atoms with Crippen LogP contribution in [0, 0.1) is 0 Å². The minimum atomic E-state index is 0.102. The van der Waals surface area contributed by atoms with E-state index < -0.39 is 0 Å². The maximum Gasteiger partial charge on any atom is 0.233 e. The fraction of sp³-hybridized carbons (Fsp3) is 0.312. The summed E-state index contributed by atoms with van der Waals surface area (Å²) in [6.45, 7) is 2.08. The number of amides is 1. The highest BCUT2D eigenvalue weighted by molar-refractivity contribution is 7.99. The summed E-state index contributed by atoms with van der Waals surface area (Å²) in [5.41, 5.74) is 2.07. The second kappa shape index (κ2) is 7.14. The van der Waals surface area contributed by atoms with E-state index in [0.29, 0.717) is 5.75 Å². The van der Waals surface area contributed by atoms with Gasteiger partial charge in [-0.25, -0.2) is 0 Å². The van der Waals surface area contributed by atoms with Crippen LogP contribution in [-0.4, -0.2) is 44.2 Å². The van der Waals surface area contributed by atoms with Crippen molar-refractivity contribution in [1.29, 1.82) is 0 Å². The highest BCUT2D eigenvalue weighted by Gasteiger charge is 2.17. The molecule has 7 heteroatoms. The molecule has 3 aromatic rings. The molecule has 0 aliphatic rings. The molecule has 120 valence electrons. The number of thiophene rings is 1. The molecule has 0 saturated carbocycles. The lowest BCUT2D eigenvalue weighted by molar-refractivity contribution is -0.128. The number of hydrogen-bond donors (Lipinski definition) is 0. The predicted molar refractivity (Wildman–Crippen MR) is 94.0 cm³/mol. The Balaban J connectivity index is 1.58. The topological polar surface area (TPSA) is 50.5 Å². The van der Waals surface area contributed by atoms with Crippen LogP contribution in [0.25, 0.3) is 5.65 Å². The Morgan fingerprint density at radius 1 is 1.39 bits per heavy atom. The van der Waals surface area contributed by atoms with Gasteiger partial charge in [-0.15, -0.1) is 10.2 Å². The molecule has 1 atom stereocenters. The molecule has 0 saturated heterocycles. The molecule has 5 nitrogen and oxygen atoms in total. The zero-order chi connectivity index (χ0) is 16.2. The van der Waals surface area contributed by atoms with Crippen molar-refractivity contribution < 1.29 is 4.79 Å². The highest BCUT2D eigenvalue weighted by atomic mass is 32.2. The van der Waals surface area contributed by atoms with Crippen LogP contribution in [0.4, 0.5) is 0 Å². The molecular formula is C16H18N4OS2. The third kappa shape index (κ3) is 3.73. The maximum absolute atomic E-state index is 12.4.